The molecule has 4 nitrogen and oxygen atoms in total. The van der Waals surface area contributed by atoms with E-state index in [4.69, 9.17) is 9.84 Å². The smallest absolute Gasteiger partial charge is 0.410 e. The van der Waals surface area contributed by atoms with Crippen molar-refractivity contribution in [1.29, 1.82) is 0 Å². The summed E-state index contributed by atoms with van der Waals surface area (Å²) in [6, 6.07) is 0. The Morgan fingerprint density at radius 3 is 2.28 bits per heavy atom. The molecule has 0 aromatic heterocycles. The summed E-state index contributed by atoms with van der Waals surface area (Å²) in [5, 5.41) is 8.97. The highest BCUT2D eigenvalue weighted by molar-refractivity contribution is 5.68. The van der Waals surface area contributed by atoms with Crippen LogP contribution in [0.4, 0.5) is 4.79 Å². The van der Waals surface area contributed by atoms with Crippen LogP contribution in [0, 0.1) is 17.8 Å². The third kappa shape index (κ3) is 3.16. The van der Waals surface area contributed by atoms with Crippen LogP contribution in [0.3, 0.4) is 0 Å². The van der Waals surface area contributed by atoms with Gasteiger partial charge in [-0.1, -0.05) is 0 Å². The molecule has 3 atom stereocenters. The Hall–Kier alpha value is -0.770. The lowest BCUT2D eigenvalue weighted by molar-refractivity contribution is 0.0276. The fourth-order valence-corrected chi connectivity index (χ4v) is 3.32. The van der Waals surface area contributed by atoms with E-state index in [-0.39, 0.29) is 6.09 Å². The van der Waals surface area contributed by atoms with Gasteiger partial charge >= 0.3 is 6.09 Å². The number of hydrogen-bond acceptors (Lipinski definition) is 3. The maximum Gasteiger partial charge on any atom is 0.410 e. The van der Waals surface area contributed by atoms with Crippen LogP contribution < -0.4 is 0 Å². The third-order valence-electron chi connectivity index (χ3n) is 4.04. The van der Waals surface area contributed by atoms with Crippen LogP contribution in [0.25, 0.3) is 0 Å². The van der Waals surface area contributed by atoms with Gasteiger partial charge in [0.15, 0.2) is 0 Å². The zero-order valence-corrected chi connectivity index (χ0v) is 11.7. The summed E-state index contributed by atoms with van der Waals surface area (Å²) in [4.78, 5) is 13.8. The monoisotopic (exact) mass is 255 g/mol. The summed E-state index contributed by atoms with van der Waals surface area (Å²) >= 11 is 0. The Bertz CT molecular complexity index is 297. The quantitative estimate of drug-likeness (QED) is 0.823. The molecule has 0 aromatic rings. The molecule has 2 rings (SSSR count). The van der Waals surface area contributed by atoms with Crippen molar-refractivity contribution < 1.29 is 14.6 Å². The molecule has 1 unspecified atom stereocenters. The van der Waals surface area contributed by atoms with Gasteiger partial charge in [0.2, 0.25) is 0 Å². The minimum Gasteiger partial charge on any atom is -0.444 e. The van der Waals surface area contributed by atoms with Crippen molar-refractivity contribution in [3.63, 3.8) is 0 Å². The maximum absolute atomic E-state index is 12.0. The number of carbonyl (C=O) groups is 1. The Labute approximate surface area is 109 Å². The molecule has 18 heavy (non-hydrogen) atoms. The predicted molar refractivity (Wildman–Crippen MR) is 69.2 cm³/mol. The van der Waals surface area contributed by atoms with Crippen molar-refractivity contribution in [3.05, 3.63) is 0 Å². The molecular weight excluding hydrogens is 230 g/mol. The Morgan fingerprint density at radius 2 is 1.83 bits per heavy atom. The number of fused-ring (bicyclic) bond motifs is 1. The van der Waals surface area contributed by atoms with E-state index in [0.717, 1.165) is 32.4 Å². The van der Waals surface area contributed by atoms with Crippen molar-refractivity contribution in [1.82, 2.24) is 4.90 Å². The minimum absolute atomic E-state index is 0.171. The fourth-order valence-electron chi connectivity index (χ4n) is 3.32. The zero-order valence-electron chi connectivity index (χ0n) is 11.7. The van der Waals surface area contributed by atoms with Gasteiger partial charge in [-0.25, -0.2) is 4.79 Å². The normalized spacial score (nSPS) is 31.6. The summed E-state index contributed by atoms with van der Waals surface area (Å²) in [6.45, 7) is 7.67. The molecular formula is C14H25NO3. The van der Waals surface area contributed by atoms with Crippen molar-refractivity contribution in [3.8, 4) is 0 Å². The second-order valence-corrected chi connectivity index (χ2v) is 6.76. The van der Waals surface area contributed by atoms with Crippen molar-refractivity contribution >= 4 is 6.09 Å². The fraction of sp³-hybridized carbons (Fsp3) is 0.929. The van der Waals surface area contributed by atoms with Crippen LogP contribution in [0.5, 0.6) is 0 Å². The third-order valence-corrected chi connectivity index (χ3v) is 4.04. The Kier molecular flexibility index (Phi) is 3.85. The van der Waals surface area contributed by atoms with E-state index in [1.807, 2.05) is 25.7 Å². The summed E-state index contributed by atoms with van der Waals surface area (Å²) in [7, 11) is 0. The van der Waals surface area contributed by atoms with E-state index in [1.165, 1.54) is 0 Å². The molecule has 2 fully saturated rings. The van der Waals surface area contributed by atoms with Gasteiger partial charge in [-0.05, 0) is 57.8 Å². The number of amides is 1. The number of likely N-dealkylation sites (tertiary alicyclic amines) is 1. The standard InChI is InChI=1S/C14H25NO3/c1-14(2,3)18-13(17)15-8-11-6-10(4-5-16)7-12(11)9-15/h10-12,16H,4-9H2,1-3H3/t10?,11-,12+. The van der Waals surface area contributed by atoms with Gasteiger partial charge in [-0.15, -0.1) is 0 Å². The van der Waals surface area contributed by atoms with Crippen molar-refractivity contribution in [2.75, 3.05) is 19.7 Å². The van der Waals surface area contributed by atoms with Crippen LogP contribution in [0.2, 0.25) is 0 Å². The van der Waals surface area contributed by atoms with E-state index in [2.05, 4.69) is 0 Å². The minimum atomic E-state index is -0.409. The van der Waals surface area contributed by atoms with Gasteiger partial charge in [0.25, 0.3) is 0 Å². The largest absolute Gasteiger partial charge is 0.444 e. The number of nitrogens with zero attached hydrogens (tertiary/aromatic N) is 1. The molecule has 0 radical (unpaired) electrons. The SMILES string of the molecule is CC(C)(C)OC(=O)N1C[C@H]2CC(CCO)C[C@H]2C1. The van der Waals surface area contributed by atoms with Gasteiger partial charge in [-0.3, -0.25) is 0 Å². The molecule has 1 aliphatic heterocycles. The summed E-state index contributed by atoms with van der Waals surface area (Å²) < 4.78 is 5.41. The number of rotatable bonds is 2. The molecule has 1 N–H and O–H groups in total. The number of hydrogen-bond donors (Lipinski definition) is 1. The molecule has 1 amide bonds. The highest BCUT2D eigenvalue weighted by Crippen LogP contribution is 2.42. The average Bonchev–Trinajstić information content (AvgIpc) is 2.72. The predicted octanol–water partition coefficient (Wildman–Crippen LogP) is 2.26. The summed E-state index contributed by atoms with van der Waals surface area (Å²) in [5.74, 6) is 1.90. The lowest BCUT2D eigenvalue weighted by Crippen LogP contribution is -2.36. The number of aliphatic hydroxyl groups is 1. The van der Waals surface area contributed by atoms with E-state index in [9.17, 15) is 4.79 Å². The first-order valence-electron chi connectivity index (χ1n) is 6.98. The van der Waals surface area contributed by atoms with Crippen LogP contribution >= 0.6 is 0 Å². The first-order chi connectivity index (χ1) is 8.39. The van der Waals surface area contributed by atoms with Gasteiger partial charge in [-0.2, -0.15) is 0 Å². The zero-order chi connectivity index (χ0) is 13.3. The number of ether oxygens (including phenoxy) is 1. The Balaban J connectivity index is 1.83. The number of carbonyl (C=O) groups excluding carboxylic acids is 1. The van der Waals surface area contributed by atoms with Gasteiger partial charge in [0.1, 0.15) is 5.60 Å². The van der Waals surface area contributed by atoms with Crippen LogP contribution in [0.15, 0.2) is 0 Å². The van der Waals surface area contributed by atoms with Crippen LogP contribution in [-0.4, -0.2) is 41.4 Å². The number of aliphatic hydroxyl groups excluding tert-OH is 1. The van der Waals surface area contributed by atoms with Gasteiger partial charge in [0, 0.05) is 19.7 Å². The van der Waals surface area contributed by atoms with Gasteiger partial charge < -0.3 is 14.7 Å². The Morgan fingerprint density at radius 1 is 1.28 bits per heavy atom. The van der Waals surface area contributed by atoms with E-state index in [1.54, 1.807) is 0 Å². The summed E-state index contributed by atoms with van der Waals surface area (Å²) in [6.07, 6.45) is 3.06. The van der Waals surface area contributed by atoms with E-state index in [0.29, 0.717) is 24.4 Å². The molecule has 0 aromatic carbocycles. The van der Waals surface area contributed by atoms with Crippen molar-refractivity contribution in [2.24, 2.45) is 17.8 Å². The molecule has 0 bridgehead atoms. The lowest BCUT2D eigenvalue weighted by atomic mass is 10.0. The van der Waals surface area contributed by atoms with Crippen LogP contribution in [-0.2, 0) is 4.74 Å². The van der Waals surface area contributed by atoms with E-state index < -0.39 is 5.60 Å². The average molecular weight is 255 g/mol. The summed E-state index contributed by atoms with van der Waals surface area (Å²) in [5.41, 5.74) is -0.409. The molecule has 4 heteroatoms. The highest BCUT2D eigenvalue weighted by atomic mass is 16.6. The maximum atomic E-state index is 12.0. The molecule has 1 aliphatic carbocycles. The molecule has 1 heterocycles. The lowest BCUT2D eigenvalue weighted by Gasteiger charge is -2.25. The molecule has 0 spiro atoms. The molecule has 1 saturated carbocycles. The first-order valence-corrected chi connectivity index (χ1v) is 6.98. The van der Waals surface area contributed by atoms with Gasteiger partial charge in [0.05, 0.1) is 0 Å². The highest BCUT2D eigenvalue weighted by Gasteiger charge is 2.42. The molecule has 104 valence electrons. The molecule has 2 aliphatic rings. The van der Waals surface area contributed by atoms with Crippen molar-refractivity contribution in [2.45, 2.75) is 45.6 Å². The second kappa shape index (κ2) is 5.08. The topological polar surface area (TPSA) is 49.8 Å². The second-order valence-electron chi connectivity index (χ2n) is 6.76. The first kappa shape index (κ1) is 13.7. The molecule has 1 saturated heterocycles. The van der Waals surface area contributed by atoms with E-state index >= 15 is 0 Å². The van der Waals surface area contributed by atoms with Crippen LogP contribution in [0.1, 0.15) is 40.0 Å².